The fourth-order valence-electron chi connectivity index (χ4n) is 2.47. The maximum Gasteiger partial charge on any atom is 0.323 e. The lowest BCUT2D eigenvalue weighted by Gasteiger charge is -2.31. The highest BCUT2D eigenvalue weighted by Crippen LogP contribution is 2.17. The third-order valence-corrected chi connectivity index (χ3v) is 4.01. The first kappa shape index (κ1) is 19.4. The molecule has 0 amide bonds. The zero-order valence-electron chi connectivity index (χ0n) is 14.3. The van der Waals surface area contributed by atoms with Crippen molar-refractivity contribution in [2.24, 2.45) is 5.92 Å². The number of esters is 1. The number of carbonyl (C=O) groups is 1. The molecule has 3 nitrogen and oxygen atoms in total. The third kappa shape index (κ3) is 7.88. The van der Waals surface area contributed by atoms with Crippen LogP contribution in [0.5, 0.6) is 0 Å². The lowest BCUT2D eigenvalue weighted by atomic mass is 9.98. The van der Waals surface area contributed by atoms with Gasteiger partial charge in [0.2, 0.25) is 0 Å². The number of ether oxygens (including phenoxy) is 1. The van der Waals surface area contributed by atoms with Gasteiger partial charge >= 0.3 is 5.97 Å². The summed E-state index contributed by atoms with van der Waals surface area (Å²) >= 11 is 0. The molecule has 0 spiro atoms. The van der Waals surface area contributed by atoms with E-state index in [1.165, 1.54) is 25.7 Å². The van der Waals surface area contributed by atoms with Gasteiger partial charge in [-0.2, -0.15) is 0 Å². The van der Waals surface area contributed by atoms with Crippen LogP contribution in [0.25, 0.3) is 0 Å². The predicted molar refractivity (Wildman–Crippen MR) is 85.9 cm³/mol. The van der Waals surface area contributed by atoms with Gasteiger partial charge in [0.05, 0.1) is 6.61 Å². The van der Waals surface area contributed by atoms with E-state index in [4.69, 9.17) is 4.74 Å². The van der Waals surface area contributed by atoms with Gasteiger partial charge in [-0.25, -0.2) is 0 Å². The number of rotatable bonds is 12. The summed E-state index contributed by atoms with van der Waals surface area (Å²) in [5.41, 5.74) is 0. The molecule has 0 aromatic heterocycles. The van der Waals surface area contributed by atoms with E-state index in [0.717, 1.165) is 25.9 Å². The first-order valence-corrected chi connectivity index (χ1v) is 8.51. The Labute approximate surface area is 126 Å². The molecule has 0 radical (unpaired) electrons. The van der Waals surface area contributed by atoms with E-state index in [1.807, 2.05) is 13.8 Å². The SMILES string of the molecule is CCCCC(CC)CN(CCCC)[C@@H](C)C(=O)OCC. The fourth-order valence-corrected chi connectivity index (χ4v) is 2.47. The second-order valence-electron chi connectivity index (χ2n) is 5.69. The average Bonchev–Trinajstić information content (AvgIpc) is 2.46. The maximum absolute atomic E-state index is 12.0. The second-order valence-corrected chi connectivity index (χ2v) is 5.69. The number of hydrogen-bond donors (Lipinski definition) is 0. The van der Waals surface area contributed by atoms with Crippen molar-refractivity contribution < 1.29 is 9.53 Å². The summed E-state index contributed by atoms with van der Waals surface area (Å²) in [6.07, 6.45) is 7.31. The van der Waals surface area contributed by atoms with Crippen LogP contribution in [-0.4, -0.2) is 36.6 Å². The molecular formula is C17H35NO2. The van der Waals surface area contributed by atoms with E-state index < -0.39 is 0 Å². The molecule has 0 aromatic rings. The second kappa shape index (κ2) is 12.2. The molecular weight excluding hydrogens is 250 g/mol. The Morgan fingerprint density at radius 2 is 1.75 bits per heavy atom. The average molecular weight is 285 g/mol. The summed E-state index contributed by atoms with van der Waals surface area (Å²) in [6.45, 7) is 13.0. The minimum absolute atomic E-state index is 0.0750. The lowest BCUT2D eigenvalue weighted by molar-refractivity contribution is -0.149. The Kier molecular flexibility index (Phi) is 11.8. The van der Waals surface area contributed by atoms with Crippen molar-refractivity contribution in [2.75, 3.05) is 19.7 Å². The molecule has 0 N–H and O–H groups in total. The van der Waals surface area contributed by atoms with Gasteiger partial charge in [0.1, 0.15) is 6.04 Å². The molecule has 0 aliphatic rings. The van der Waals surface area contributed by atoms with Gasteiger partial charge in [-0.1, -0.05) is 46.5 Å². The van der Waals surface area contributed by atoms with Gasteiger partial charge in [0.25, 0.3) is 0 Å². The van der Waals surface area contributed by atoms with Crippen LogP contribution in [0.2, 0.25) is 0 Å². The molecule has 0 rings (SSSR count). The molecule has 0 bridgehead atoms. The van der Waals surface area contributed by atoms with Crippen LogP contribution in [0.1, 0.15) is 73.1 Å². The largest absolute Gasteiger partial charge is 0.465 e. The molecule has 3 heteroatoms. The molecule has 1 unspecified atom stereocenters. The number of nitrogens with zero attached hydrogens (tertiary/aromatic N) is 1. The fraction of sp³-hybridized carbons (Fsp3) is 0.941. The third-order valence-electron chi connectivity index (χ3n) is 4.01. The van der Waals surface area contributed by atoms with Gasteiger partial charge < -0.3 is 4.74 Å². The number of unbranched alkanes of at least 4 members (excludes halogenated alkanes) is 2. The highest BCUT2D eigenvalue weighted by molar-refractivity contribution is 5.75. The van der Waals surface area contributed by atoms with Crippen molar-refractivity contribution >= 4 is 5.97 Å². The quantitative estimate of drug-likeness (QED) is 0.502. The normalized spacial score (nSPS) is 14.3. The van der Waals surface area contributed by atoms with Crippen LogP contribution < -0.4 is 0 Å². The molecule has 0 fully saturated rings. The smallest absolute Gasteiger partial charge is 0.323 e. The van der Waals surface area contributed by atoms with Crippen LogP contribution in [-0.2, 0) is 9.53 Å². The maximum atomic E-state index is 12.0. The van der Waals surface area contributed by atoms with Crippen molar-refractivity contribution in [3.8, 4) is 0 Å². The number of carbonyl (C=O) groups excluding carboxylic acids is 1. The summed E-state index contributed by atoms with van der Waals surface area (Å²) in [7, 11) is 0. The van der Waals surface area contributed by atoms with Crippen molar-refractivity contribution in [1.82, 2.24) is 4.90 Å². The molecule has 0 aliphatic carbocycles. The van der Waals surface area contributed by atoms with Gasteiger partial charge in [0, 0.05) is 6.54 Å². The zero-order valence-corrected chi connectivity index (χ0v) is 14.3. The van der Waals surface area contributed by atoms with Crippen molar-refractivity contribution in [1.29, 1.82) is 0 Å². The van der Waals surface area contributed by atoms with E-state index in [0.29, 0.717) is 12.5 Å². The van der Waals surface area contributed by atoms with Gasteiger partial charge in [-0.05, 0) is 39.2 Å². The molecule has 120 valence electrons. The highest BCUT2D eigenvalue weighted by atomic mass is 16.5. The van der Waals surface area contributed by atoms with E-state index in [2.05, 4.69) is 25.7 Å². The Hall–Kier alpha value is -0.570. The Morgan fingerprint density at radius 3 is 2.25 bits per heavy atom. The summed E-state index contributed by atoms with van der Waals surface area (Å²) in [4.78, 5) is 14.3. The molecule has 2 atom stereocenters. The van der Waals surface area contributed by atoms with Crippen molar-refractivity contribution in [3.63, 3.8) is 0 Å². The van der Waals surface area contributed by atoms with Gasteiger partial charge in [-0.3, -0.25) is 9.69 Å². The zero-order chi connectivity index (χ0) is 15.4. The molecule has 0 heterocycles. The summed E-state index contributed by atoms with van der Waals surface area (Å²) < 4.78 is 5.18. The first-order chi connectivity index (χ1) is 9.60. The summed E-state index contributed by atoms with van der Waals surface area (Å²) in [5.74, 6) is 0.623. The summed E-state index contributed by atoms with van der Waals surface area (Å²) in [5, 5.41) is 0. The Morgan fingerprint density at radius 1 is 1.10 bits per heavy atom. The molecule has 0 saturated heterocycles. The molecule has 0 aliphatic heterocycles. The van der Waals surface area contributed by atoms with E-state index in [-0.39, 0.29) is 12.0 Å². The van der Waals surface area contributed by atoms with Crippen molar-refractivity contribution in [3.05, 3.63) is 0 Å². The first-order valence-electron chi connectivity index (χ1n) is 8.51. The Balaban J connectivity index is 4.54. The summed E-state index contributed by atoms with van der Waals surface area (Å²) in [6, 6.07) is -0.114. The Bertz CT molecular complexity index is 243. The van der Waals surface area contributed by atoms with Crippen LogP contribution in [0, 0.1) is 5.92 Å². The van der Waals surface area contributed by atoms with E-state index in [1.54, 1.807) is 0 Å². The molecule has 0 aromatic carbocycles. The molecule has 0 saturated carbocycles. The van der Waals surface area contributed by atoms with Crippen LogP contribution in [0.15, 0.2) is 0 Å². The predicted octanol–water partition coefficient (Wildman–Crippen LogP) is 4.26. The van der Waals surface area contributed by atoms with E-state index >= 15 is 0 Å². The monoisotopic (exact) mass is 285 g/mol. The van der Waals surface area contributed by atoms with Gasteiger partial charge in [-0.15, -0.1) is 0 Å². The standard InChI is InChI=1S/C17H35NO2/c1-6-10-12-16(8-3)14-18(13-11-7-2)15(5)17(19)20-9-4/h15-16H,6-14H2,1-5H3/t15-,16?/m0/s1. The van der Waals surface area contributed by atoms with Crippen molar-refractivity contribution in [2.45, 2.75) is 79.2 Å². The van der Waals surface area contributed by atoms with Crippen LogP contribution in [0.4, 0.5) is 0 Å². The topological polar surface area (TPSA) is 29.5 Å². The van der Waals surface area contributed by atoms with Gasteiger partial charge in [0.15, 0.2) is 0 Å². The minimum Gasteiger partial charge on any atom is -0.465 e. The van der Waals surface area contributed by atoms with Crippen LogP contribution in [0.3, 0.4) is 0 Å². The number of hydrogen-bond acceptors (Lipinski definition) is 3. The highest BCUT2D eigenvalue weighted by Gasteiger charge is 2.24. The van der Waals surface area contributed by atoms with Crippen LogP contribution >= 0.6 is 0 Å². The lowest BCUT2D eigenvalue weighted by Crippen LogP contribution is -2.43. The van der Waals surface area contributed by atoms with E-state index in [9.17, 15) is 4.79 Å². The minimum atomic E-state index is -0.114. The molecule has 20 heavy (non-hydrogen) atoms.